The number of phenols is 2. The third kappa shape index (κ3) is 4.15. The van der Waals surface area contributed by atoms with Crippen LogP contribution in [0.1, 0.15) is 20.7 Å². The van der Waals surface area contributed by atoms with Crippen LogP contribution in [0.4, 0.5) is 27.5 Å². The molecule has 31 heavy (non-hydrogen) atoms. The van der Waals surface area contributed by atoms with Crippen LogP contribution in [-0.4, -0.2) is 46.3 Å². The first kappa shape index (κ1) is 21.3. The summed E-state index contributed by atoms with van der Waals surface area (Å²) in [6, 6.07) is 7.65. The Hall–Kier alpha value is -4.41. The number of esters is 2. The lowest BCUT2D eigenvalue weighted by atomic mass is 10.1. The van der Waals surface area contributed by atoms with E-state index in [4.69, 9.17) is 5.73 Å². The maximum absolute atomic E-state index is 14.7. The Balaban J connectivity index is 2.29. The van der Waals surface area contributed by atoms with E-state index in [-0.39, 0.29) is 45.8 Å². The van der Waals surface area contributed by atoms with Gasteiger partial charge in [-0.15, -0.1) is 0 Å². The van der Waals surface area contributed by atoms with Gasteiger partial charge >= 0.3 is 11.9 Å². The van der Waals surface area contributed by atoms with Crippen LogP contribution >= 0.6 is 0 Å². The number of phenolic OH excluding ortho intramolecular Hbond substituents is 2. The first-order chi connectivity index (χ1) is 14.8. The van der Waals surface area contributed by atoms with E-state index >= 15 is 0 Å². The quantitative estimate of drug-likeness (QED) is 0.518. The molecule has 1 aromatic heterocycles. The molecule has 3 aromatic rings. The molecule has 0 bridgehead atoms. The van der Waals surface area contributed by atoms with Crippen LogP contribution in [0.2, 0.25) is 0 Å². The summed E-state index contributed by atoms with van der Waals surface area (Å²) in [5.74, 6) is -3.80. The second kappa shape index (κ2) is 8.53. The molecule has 0 spiro atoms. The summed E-state index contributed by atoms with van der Waals surface area (Å²) in [7, 11) is 2.28. The molecule has 0 atom stereocenters. The Morgan fingerprint density at radius 2 is 1.45 bits per heavy atom. The lowest BCUT2D eigenvalue weighted by molar-refractivity contribution is 0.0588. The Morgan fingerprint density at radius 3 is 1.90 bits per heavy atom. The van der Waals surface area contributed by atoms with E-state index in [0.717, 1.165) is 20.4 Å². The molecule has 0 unspecified atom stereocenters. The van der Waals surface area contributed by atoms with Gasteiger partial charge in [-0.3, -0.25) is 4.90 Å². The zero-order valence-corrected chi connectivity index (χ0v) is 16.4. The first-order valence-electron chi connectivity index (χ1n) is 8.67. The van der Waals surface area contributed by atoms with Crippen LogP contribution in [0.15, 0.2) is 42.6 Å². The first-order valence-corrected chi connectivity index (χ1v) is 8.67. The number of anilines is 4. The lowest BCUT2D eigenvalue weighted by Crippen LogP contribution is -2.16. The summed E-state index contributed by atoms with van der Waals surface area (Å²) in [5, 5.41) is 20.0. The van der Waals surface area contributed by atoms with Crippen molar-refractivity contribution in [1.82, 2.24) is 9.97 Å². The molecular formula is C20H17FN4O6. The van der Waals surface area contributed by atoms with Crippen molar-refractivity contribution in [2.24, 2.45) is 0 Å². The summed E-state index contributed by atoms with van der Waals surface area (Å²) in [6.07, 6.45) is 0.855. The summed E-state index contributed by atoms with van der Waals surface area (Å²) in [6.45, 7) is 0. The molecule has 11 heteroatoms. The zero-order valence-electron chi connectivity index (χ0n) is 16.4. The SMILES string of the molecule is COC(=O)c1cc(N(c2ccc(O)c(C(=O)OC)c2)c2nc(N)ncc2F)ccc1O. The number of hydrogen-bond donors (Lipinski definition) is 3. The number of carbonyl (C=O) groups is 2. The molecule has 0 aliphatic carbocycles. The molecule has 160 valence electrons. The number of aromatic hydroxyl groups is 2. The van der Waals surface area contributed by atoms with Gasteiger partial charge in [0.25, 0.3) is 0 Å². The molecule has 10 nitrogen and oxygen atoms in total. The highest BCUT2D eigenvalue weighted by Gasteiger charge is 2.24. The zero-order chi connectivity index (χ0) is 22.7. The lowest BCUT2D eigenvalue weighted by Gasteiger charge is -2.25. The fourth-order valence-electron chi connectivity index (χ4n) is 2.79. The molecule has 0 aliphatic heterocycles. The van der Waals surface area contributed by atoms with Gasteiger partial charge in [0, 0.05) is 11.4 Å². The van der Waals surface area contributed by atoms with Gasteiger partial charge in [-0.25, -0.2) is 19.0 Å². The van der Waals surface area contributed by atoms with Gasteiger partial charge in [-0.1, -0.05) is 0 Å². The van der Waals surface area contributed by atoms with Crippen molar-refractivity contribution in [1.29, 1.82) is 0 Å². The third-order valence-corrected chi connectivity index (χ3v) is 4.24. The van der Waals surface area contributed by atoms with E-state index in [9.17, 15) is 24.2 Å². The topological polar surface area (TPSA) is 148 Å². The molecule has 2 aromatic carbocycles. The predicted molar refractivity (Wildman–Crippen MR) is 107 cm³/mol. The average molecular weight is 428 g/mol. The number of aromatic nitrogens is 2. The number of nitrogens with zero attached hydrogens (tertiary/aromatic N) is 3. The van der Waals surface area contributed by atoms with Crippen LogP contribution in [-0.2, 0) is 9.47 Å². The molecule has 0 saturated heterocycles. The van der Waals surface area contributed by atoms with E-state index < -0.39 is 17.8 Å². The van der Waals surface area contributed by atoms with Crippen molar-refractivity contribution in [2.75, 3.05) is 24.9 Å². The number of halogens is 1. The van der Waals surface area contributed by atoms with E-state index in [0.29, 0.717) is 0 Å². The van der Waals surface area contributed by atoms with Gasteiger partial charge < -0.3 is 25.4 Å². The fraction of sp³-hybridized carbons (Fsp3) is 0.100. The normalized spacial score (nSPS) is 10.4. The number of carbonyl (C=O) groups excluding carboxylic acids is 2. The van der Waals surface area contributed by atoms with Gasteiger partial charge in [0.05, 0.1) is 20.4 Å². The number of methoxy groups -OCH3 is 2. The molecular weight excluding hydrogens is 411 g/mol. The molecule has 3 rings (SSSR count). The number of rotatable bonds is 5. The molecule has 0 saturated carbocycles. The number of nitrogens with two attached hydrogens (primary N) is 1. The predicted octanol–water partition coefficient (Wildman–Crippen LogP) is 2.65. The van der Waals surface area contributed by atoms with E-state index in [1.807, 2.05) is 0 Å². The number of benzene rings is 2. The fourth-order valence-corrected chi connectivity index (χ4v) is 2.79. The number of nitrogen functional groups attached to an aromatic ring is 1. The van der Waals surface area contributed by atoms with Crippen molar-refractivity contribution >= 4 is 35.1 Å². The van der Waals surface area contributed by atoms with E-state index in [2.05, 4.69) is 19.4 Å². The van der Waals surface area contributed by atoms with Gasteiger partial charge in [0.1, 0.15) is 22.6 Å². The van der Waals surface area contributed by atoms with Crippen LogP contribution in [0.5, 0.6) is 11.5 Å². The minimum absolute atomic E-state index is 0.164. The monoisotopic (exact) mass is 428 g/mol. The second-order valence-corrected chi connectivity index (χ2v) is 6.12. The van der Waals surface area contributed by atoms with Crippen molar-refractivity contribution in [3.8, 4) is 11.5 Å². The summed E-state index contributed by atoms with van der Waals surface area (Å²) >= 11 is 0. The standard InChI is InChI=1S/C20H17FN4O6/c1-30-18(28)12-7-10(3-5-15(12)26)25(17-14(21)9-23-20(22)24-17)11-4-6-16(27)13(8-11)19(29)31-2/h3-9,26-27H,1-2H3,(H2,22,23,24). The Bertz CT molecular complexity index is 1100. The third-order valence-electron chi connectivity index (χ3n) is 4.24. The molecule has 0 fully saturated rings. The van der Waals surface area contributed by atoms with Crippen molar-refractivity contribution < 1.29 is 33.7 Å². The van der Waals surface area contributed by atoms with Gasteiger partial charge in [-0.2, -0.15) is 4.98 Å². The summed E-state index contributed by atoms with van der Waals surface area (Å²) in [5.41, 5.74) is 5.56. The van der Waals surface area contributed by atoms with Crippen LogP contribution < -0.4 is 10.6 Å². The van der Waals surface area contributed by atoms with Crippen LogP contribution in [0, 0.1) is 5.82 Å². The van der Waals surface area contributed by atoms with E-state index in [1.54, 1.807) is 0 Å². The second-order valence-electron chi connectivity index (χ2n) is 6.12. The van der Waals surface area contributed by atoms with Gasteiger partial charge in [0.2, 0.25) is 5.95 Å². The molecule has 0 amide bonds. The van der Waals surface area contributed by atoms with Crippen molar-refractivity contribution in [3.63, 3.8) is 0 Å². The van der Waals surface area contributed by atoms with E-state index in [1.165, 1.54) is 41.3 Å². The summed E-state index contributed by atoms with van der Waals surface area (Å²) in [4.78, 5) is 32.8. The highest BCUT2D eigenvalue weighted by atomic mass is 19.1. The maximum Gasteiger partial charge on any atom is 0.341 e. The minimum atomic E-state index is -0.866. The number of hydrogen-bond acceptors (Lipinski definition) is 10. The van der Waals surface area contributed by atoms with Crippen molar-refractivity contribution in [2.45, 2.75) is 0 Å². The van der Waals surface area contributed by atoms with Crippen LogP contribution in [0.3, 0.4) is 0 Å². The Kier molecular flexibility index (Phi) is 5.86. The maximum atomic E-state index is 14.7. The molecule has 1 heterocycles. The molecule has 4 N–H and O–H groups in total. The smallest absolute Gasteiger partial charge is 0.341 e. The van der Waals surface area contributed by atoms with Crippen LogP contribution in [0.25, 0.3) is 0 Å². The highest BCUT2D eigenvalue weighted by molar-refractivity contribution is 5.96. The molecule has 0 radical (unpaired) electrons. The Labute approximate surface area is 175 Å². The van der Waals surface area contributed by atoms with Crippen molar-refractivity contribution in [3.05, 3.63) is 59.5 Å². The van der Waals surface area contributed by atoms with Gasteiger partial charge in [0.15, 0.2) is 11.6 Å². The highest BCUT2D eigenvalue weighted by Crippen LogP contribution is 2.38. The Morgan fingerprint density at radius 1 is 0.968 bits per heavy atom. The molecule has 0 aliphatic rings. The summed E-state index contributed by atoms with van der Waals surface area (Å²) < 4.78 is 24.0. The largest absolute Gasteiger partial charge is 0.507 e. The average Bonchev–Trinajstić information content (AvgIpc) is 2.77. The van der Waals surface area contributed by atoms with Gasteiger partial charge in [-0.05, 0) is 36.4 Å². The number of ether oxygens (including phenoxy) is 2. The minimum Gasteiger partial charge on any atom is -0.507 e.